The first-order chi connectivity index (χ1) is 8.75. The first-order valence-corrected chi connectivity index (χ1v) is 7.60. The molecule has 0 fully saturated rings. The summed E-state index contributed by atoms with van der Waals surface area (Å²) < 4.78 is 26.5. The SMILES string of the molecule is Cc1cccc(S(=O)(=O)N(CCC(=N)N)C(C)C)c1. The van der Waals surface area contributed by atoms with E-state index in [0.29, 0.717) is 0 Å². The van der Waals surface area contributed by atoms with Gasteiger partial charge in [0.05, 0.1) is 10.7 Å². The molecular weight excluding hydrogens is 262 g/mol. The Bertz CT molecular complexity index is 553. The van der Waals surface area contributed by atoms with E-state index in [4.69, 9.17) is 11.1 Å². The van der Waals surface area contributed by atoms with E-state index in [9.17, 15) is 8.42 Å². The molecule has 0 spiro atoms. The van der Waals surface area contributed by atoms with Gasteiger partial charge in [0.2, 0.25) is 10.0 Å². The van der Waals surface area contributed by atoms with Crippen molar-refractivity contribution in [3.63, 3.8) is 0 Å². The van der Waals surface area contributed by atoms with E-state index < -0.39 is 10.0 Å². The number of nitrogens with zero attached hydrogens (tertiary/aromatic N) is 1. The minimum atomic E-state index is -3.54. The molecule has 0 saturated heterocycles. The third-order valence-electron chi connectivity index (χ3n) is 2.77. The molecule has 0 heterocycles. The van der Waals surface area contributed by atoms with Crippen LogP contribution in [-0.4, -0.2) is 31.1 Å². The Morgan fingerprint density at radius 2 is 2.05 bits per heavy atom. The zero-order valence-corrected chi connectivity index (χ0v) is 12.4. The molecule has 0 aliphatic rings. The van der Waals surface area contributed by atoms with Gasteiger partial charge < -0.3 is 5.73 Å². The van der Waals surface area contributed by atoms with Crippen molar-refractivity contribution in [3.8, 4) is 0 Å². The molecule has 1 aromatic rings. The molecule has 0 amide bonds. The van der Waals surface area contributed by atoms with Gasteiger partial charge in [0.25, 0.3) is 0 Å². The Morgan fingerprint density at radius 3 is 2.53 bits per heavy atom. The van der Waals surface area contributed by atoms with Crippen LogP contribution >= 0.6 is 0 Å². The highest BCUT2D eigenvalue weighted by Crippen LogP contribution is 2.19. The van der Waals surface area contributed by atoms with Gasteiger partial charge in [0.1, 0.15) is 0 Å². The molecular formula is C13H21N3O2S. The lowest BCUT2D eigenvalue weighted by molar-refractivity contribution is 0.361. The van der Waals surface area contributed by atoms with E-state index in [1.807, 2.05) is 26.8 Å². The molecule has 0 bridgehead atoms. The van der Waals surface area contributed by atoms with Gasteiger partial charge in [-0.2, -0.15) is 4.31 Å². The quantitative estimate of drug-likeness (QED) is 0.615. The fraction of sp³-hybridized carbons (Fsp3) is 0.462. The Hall–Kier alpha value is -1.40. The Labute approximate surface area is 115 Å². The lowest BCUT2D eigenvalue weighted by Gasteiger charge is -2.25. The van der Waals surface area contributed by atoms with Crippen LogP contribution in [0.25, 0.3) is 0 Å². The normalized spacial score (nSPS) is 12.1. The number of sulfonamides is 1. The summed E-state index contributed by atoms with van der Waals surface area (Å²) in [6, 6.07) is 6.65. The zero-order valence-electron chi connectivity index (χ0n) is 11.6. The number of aryl methyl sites for hydroxylation is 1. The second kappa shape index (κ2) is 6.16. The smallest absolute Gasteiger partial charge is 0.243 e. The van der Waals surface area contributed by atoms with Crippen molar-refractivity contribution in [2.45, 2.75) is 38.1 Å². The van der Waals surface area contributed by atoms with Gasteiger partial charge in [-0.25, -0.2) is 8.42 Å². The summed E-state index contributed by atoms with van der Waals surface area (Å²) in [5, 5.41) is 7.23. The molecule has 19 heavy (non-hydrogen) atoms. The predicted octanol–water partition coefficient (Wildman–Crippen LogP) is 1.72. The van der Waals surface area contributed by atoms with Crippen LogP contribution < -0.4 is 5.73 Å². The number of benzene rings is 1. The van der Waals surface area contributed by atoms with Crippen molar-refractivity contribution >= 4 is 15.9 Å². The first-order valence-electron chi connectivity index (χ1n) is 6.16. The standard InChI is InChI=1S/C13H21N3O2S/c1-10(2)16(8-7-13(14)15)19(17,18)12-6-4-5-11(3)9-12/h4-6,9-10H,7-8H2,1-3H3,(H3,14,15). The molecule has 0 unspecified atom stereocenters. The molecule has 0 aliphatic heterocycles. The molecule has 0 atom stereocenters. The Kier molecular flexibility index (Phi) is 5.08. The van der Waals surface area contributed by atoms with Gasteiger partial charge in [0, 0.05) is 19.0 Å². The van der Waals surface area contributed by atoms with Crippen molar-refractivity contribution in [1.82, 2.24) is 4.31 Å². The Balaban J connectivity index is 3.09. The van der Waals surface area contributed by atoms with E-state index in [1.54, 1.807) is 18.2 Å². The van der Waals surface area contributed by atoms with E-state index in [1.165, 1.54) is 4.31 Å². The van der Waals surface area contributed by atoms with Crippen LogP contribution in [0.5, 0.6) is 0 Å². The van der Waals surface area contributed by atoms with E-state index in [0.717, 1.165) is 5.56 Å². The van der Waals surface area contributed by atoms with Crippen LogP contribution in [0.4, 0.5) is 0 Å². The number of nitrogens with two attached hydrogens (primary N) is 1. The van der Waals surface area contributed by atoms with E-state index >= 15 is 0 Å². The van der Waals surface area contributed by atoms with Gasteiger partial charge in [-0.15, -0.1) is 0 Å². The lowest BCUT2D eigenvalue weighted by Crippen LogP contribution is -2.39. The number of nitrogens with one attached hydrogen (secondary N) is 1. The largest absolute Gasteiger partial charge is 0.388 e. The monoisotopic (exact) mass is 283 g/mol. The summed E-state index contributed by atoms with van der Waals surface area (Å²) >= 11 is 0. The van der Waals surface area contributed by atoms with Gasteiger partial charge in [-0.05, 0) is 38.5 Å². The molecule has 1 aromatic carbocycles. The van der Waals surface area contributed by atoms with Crippen LogP contribution in [0.2, 0.25) is 0 Å². The Morgan fingerprint density at radius 1 is 1.42 bits per heavy atom. The third kappa shape index (κ3) is 4.04. The molecule has 5 nitrogen and oxygen atoms in total. The highest BCUT2D eigenvalue weighted by molar-refractivity contribution is 7.89. The summed E-state index contributed by atoms with van der Waals surface area (Å²) in [4.78, 5) is 0.282. The summed E-state index contributed by atoms with van der Waals surface area (Å²) in [5.74, 6) is -0.00917. The topological polar surface area (TPSA) is 87.2 Å². The van der Waals surface area contributed by atoms with Crippen molar-refractivity contribution in [2.75, 3.05) is 6.54 Å². The zero-order chi connectivity index (χ0) is 14.6. The molecule has 0 saturated carbocycles. The van der Waals surface area contributed by atoms with Crippen LogP contribution in [0.15, 0.2) is 29.2 Å². The van der Waals surface area contributed by atoms with Crippen molar-refractivity contribution in [2.24, 2.45) is 5.73 Å². The second-order valence-corrected chi connectivity index (χ2v) is 6.69. The van der Waals surface area contributed by atoms with Crippen molar-refractivity contribution in [1.29, 1.82) is 5.41 Å². The van der Waals surface area contributed by atoms with Crippen LogP contribution in [0.3, 0.4) is 0 Å². The van der Waals surface area contributed by atoms with Crippen molar-refractivity contribution in [3.05, 3.63) is 29.8 Å². The summed E-state index contributed by atoms with van der Waals surface area (Å²) in [7, 11) is -3.54. The van der Waals surface area contributed by atoms with Crippen LogP contribution in [0.1, 0.15) is 25.8 Å². The fourth-order valence-corrected chi connectivity index (χ4v) is 3.54. The maximum absolute atomic E-state index is 12.6. The predicted molar refractivity (Wildman–Crippen MR) is 76.7 cm³/mol. The highest BCUT2D eigenvalue weighted by Gasteiger charge is 2.26. The number of rotatable bonds is 6. The molecule has 0 radical (unpaired) electrons. The molecule has 6 heteroatoms. The molecule has 106 valence electrons. The molecule has 0 aliphatic carbocycles. The summed E-state index contributed by atoms with van der Waals surface area (Å²) in [6.07, 6.45) is 0.239. The lowest BCUT2D eigenvalue weighted by atomic mass is 10.2. The van der Waals surface area contributed by atoms with Crippen molar-refractivity contribution < 1.29 is 8.42 Å². The van der Waals surface area contributed by atoms with E-state index in [-0.39, 0.29) is 29.7 Å². The third-order valence-corrected chi connectivity index (χ3v) is 4.84. The summed E-state index contributed by atoms with van der Waals surface area (Å²) in [5.41, 5.74) is 6.21. The van der Waals surface area contributed by atoms with Crippen LogP contribution in [0, 0.1) is 12.3 Å². The number of hydrogen-bond acceptors (Lipinski definition) is 3. The average molecular weight is 283 g/mol. The first kappa shape index (κ1) is 15.7. The van der Waals surface area contributed by atoms with Gasteiger partial charge in [-0.1, -0.05) is 12.1 Å². The van der Waals surface area contributed by atoms with Gasteiger partial charge in [0.15, 0.2) is 0 Å². The second-order valence-electron chi connectivity index (χ2n) is 4.80. The van der Waals surface area contributed by atoms with Crippen LogP contribution in [-0.2, 0) is 10.0 Å². The molecule has 1 rings (SSSR count). The molecule has 3 N–H and O–H groups in total. The minimum Gasteiger partial charge on any atom is -0.388 e. The van der Waals surface area contributed by atoms with E-state index in [2.05, 4.69) is 0 Å². The van der Waals surface area contributed by atoms with Gasteiger partial charge in [-0.3, -0.25) is 5.41 Å². The highest BCUT2D eigenvalue weighted by atomic mass is 32.2. The number of hydrogen-bond donors (Lipinski definition) is 2. The average Bonchev–Trinajstić information content (AvgIpc) is 2.27. The maximum Gasteiger partial charge on any atom is 0.243 e. The number of amidine groups is 1. The minimum absolute atomic E-state index is 0.00917. The van der Waals surface area contributed by atoms with Gasteiger partial charge >= 0.3 is 0 Å². The maximum atomic E-state index is 12.6. The molecule has 0 aromatic heterocycles. The summed E-state index contributed by atoms with van der Waals surface area (Å²) in [6.45, 7) is 5.71. The fourth-order valence-electron chi connectivity index (χ4n) is 1.80.